The lowest BCUT2D eigenvalue weighted by atomic mass is 10.2. The maximum absolute atomic E-state index is 13.5. The number of ether oxygens (including phenoxy) is 2. The van der Waals surface area contributed by atoms with Crippen molar-refractivity contribution in [3.05, 3.63) is 59.7 Å². The highest BCUT2D eigenvalue weighted by Crippen LogP contribution is 2.12. The summed E-state index contributed by atoms with van der Waals surface area (Å²) in [5, 5.41) is 10.6. The van der Waals surface area contributed by atoms with Gasteiger partial charge in [-0.3, -0.25) is 9.80 Å². The third kappa shape index (κ3) is 7.21. The molecule has 1 saturated heterocycles. The van der Waals surface area contributed by atoms with Crippen LogP contribution < -0.4 is 0 Å². The molecule has 1 fully saturated rings. The Morgan fingerprint density at radius 3 is 2.83 bits per heavy atom. The molecule has 0 unspecified atom stereocenters. The molecule has 7 heteroatoms. The van der Waals surface area contributed by atoms with Gasteiger partial charge in [-0.1, -0.05) is 12.1 Å². The van der Waals surface area contributed by atoms with Crippen molar-refractivity contribution in [2.75, 3.05) is 59.7 Å². The van der Waals surface area contributed by atoms with Crippen LogP contribution in [-0.4, -0.2) is 85.2 Å². The van der Waals surface area contributed by atoms with Crippen molar-refractivity contribution in [3.8, 4) is 0 Å². The van der Waals surface area contributed by atoms with Crippen LogP contribution in [0.5, 0.6) is 0 Å². The molecule has 1 aromatic carbocycles. The van der Waals surface area contributed by atoms with Gasteiger partial charge in [-0.2, -0.15) is 0 Å². The van der Waals surface area contributed by atoms with Crippen molar-refractivity contribution in [2.45, 2.75) is 19.2 Å². The molecule has 1 N–H and O–H groups in total. The predicted octanol–water partition coefficient (Wildman–Crippen LogP) is 1.82. The Balaban J connectivity index is 1.60. The predicted molar refractivity (Wildman–Crippen MR) is 110 cm³/mol. The Morgan fingerprint density at radius 1 is 1.24 bits per heavy atom. The zero-order valence-corrected chi connectivity index (χ0v) is 17.2. The van der Waals surface area contributed by atoms with Crippen molar-refractivity contribution in [1.82, 2.24) is 14.4 Å². The molecule has 3 rings (SSSR count). The zero-order valence-electron chi connectivity index (χ0n) is 17.2. The Bertz CT molecular complexity index is 734. The topological polar surface area (TPSA) is 50.1 Å². The normalized spacial score (nSPS) is 16.4. The minimum atomic E-state index is -0.434. The molecule has 0 radical (unpaired) electrons. The van der Waals surface area contributed by atoms with Gasteiger partial charge < -0.3 is 19.1 Å². The van der Waals surface area contributed by atoms with Crippen LogP contribution in [0.4, 0.5) is 4.39 Å². The first-order chi connectivity index (χ1) is 14.1. The average Bonchev–Trinajstić information content (AvgIpc) is 3.13. The smallest absolute Gasteiger partial charge is 0.123 e. The minimum absolute atomic E-state index is 0.218. The Morgan fingerprint density at radius 2 is 2.07 bits per heavy atom. The van der Waals surface area contributed by atoms with E-state index in [2.05, 4.69) is 20.4 Å². The molecule has 1 aliphatic heterocycles. The van der Waals surface area contributed by atoms with Crippen LogP contribution in [0.15, 0.2) is 42.6 Å². The summed E-state index contributed by atoms with van der Waals surface area (Å²) in [7, 11) is 1.69. The number of aromatic nitrogens is 1. The third-order valence-corrected chi connectivity index (χ3v) is 5.20. The lowest BCUT2D eigenvalue weighted by Gasteiger charge is -2.31. The van der Waals surface area contributed by atoms with Crippen LogP contribution in [0.25, 0.3) is 0 Å². The van der Waals surface area contributed by atoms with Crippen LogP contribution in [0.2, 0.25) is 0 Å². The second kappa shape index (κ2) is 11.4. The zero-order chi connectivity index (χ0) is 20.5. The van der Waals surface area contributed by atoms with E-state index in [0.717, 1.165) is 44.1 Å². The highest BCUT2D eigenvalue weighted by Gasteiger charge is 2.18. The van der Waals surface area contributed by atoms with Gasteiger partial charge in [0.25, 0.3) is 0 Å². The van der Waals surface area contributed by atoms with Gasteiger partial charge >= 0.3 is 0 Å². The molecule has 160 valence electrons. The standard InChI is InChI=1S/C22H32FN3O3/c1-28-11-8-25(18-22(27)17-24-9-12-29-13-10-24)16-21-6-3-7-26(21)15-19-4-2-5-20(23)14-19/h2-7,14,22,27H,8-13,15-18H2,1H3/t22-/m1/s1. The SMILES string of the molecule is COCCN(Cc1cccn1Cc1cccc(F)c1)C[C@H](O)CN1CCOCC1. The summed E-state index contributed by atoms with van der Waals surface area (Å²) in [5.41, 5.74) is 2.06. The van der Waals surface area contributed by atoms with E-state index in [1.165, 1.54) is 6.07 Å². The molecule has 1 aliphatic rings. The lowest BCUT2D eigenvalue weighted by Crippen LogP contribution is -2.45. The van der Waals surface area contributed by atoms with E-state index in [4.69, 9.17) is 9.47 Å². The minimum Gasteiger partial charge on any atom is -0.390 e. The first kappa shape index (κ1) is 21.9. The largest absolute Gasteiger partial charge is 0.390 e. The molecule has 0 spiro atoms. The summed E-state index contributed by atoms with van der Waals surface area (Å²) in [5.74, 6) is -0.218. The second-order valence-electron chi connectivity index (χ2n) is 7.55. The Labute approximate surface area is 172 Å². The van der Waals surface area contributed by atoms with Crippen molar-refractivity contribution < 1.29 is 19.0 Å². The number of aliphatic hydroxyl groups is 1. The van der Waals surface area contributed by atoms with Crippen LogP contribution in [-0.2, 0) is 22.6 Å². The van der Waals surface area contributed by atoms with Crippen molar-refractivity contribution in [2.24, 2.45) is 0 Å². The van der Waals surface area contributed by atoms with Crippen LogP contribution >= 0.6 is 0 Å². The van der Waals surface area contributed by atoms with Crippen LogP contribution in [0.1, 0.15) is 11.3 Å². The fraction of sp³-hybridized carbons (Fsp3) is 0.545. The first-order valence-corrected chi connectivity index (χ1v) is 10.2. The number of methoxy groups -OCH3 is 1. The highest BCUT2D eigenvalue weighted by atomic mass is 19.1. The van der Waals surface area contributed by atoms with Gasteiger partial charge in [-0.25, -0.2) is 4.39 Å². The number of β-amino-alcohol motifs (C(OH)–C–C–N with tert-alkyl or cyclic N) is 1. The number of hydrogen-bond donors (Lipinski definition) is 1. The maximum atomic E-state index is 13.5. The molecule has 2 heterocycles. The number of halogens is 1. The van der Waals surface area contributed by atoms with Crippen molar-refractivity contribution >= 4 is 0 Å². The van der Waals surface area contributed by atoms with Crippen LogP contribution in [0, 0.1) is 5.82 Å². The molecule has 0 aliphatic carbocycles. The van der Waals surface area contributed by atoms with Gasteiger partial charge in [0.05, 0.1) is 25.9 Å². The van der Waals surface area contributed by atoms with E-state index >= 15 is 0 Å². The molecule has 6 nitrogen and oxygen atoms in total. The average molecular weight is 406 g/mol. The molecule has 2 aromatic rings. The first-order valence-electron chi connectivity index (χ1n) is 10.2. The number of morpholine rings is 1. The summed E-state index contributed by atoms with van der Waals surface area (Å²) in [6.07, 6.45) is 1.58. The molecule has 1 atom stereocenters. The van der Waals surface area contributed by atoms with Crippen molar-refractivity contribution in [1.29, 1.82) is 0 Å². The summed E-state index contributed by atoms with van der Waals surface area (Å²) in [6.45, 7) is 7.08. The second-order valence-corrected chi connectivity index (χ2v) is 7.55. The van der Waals surface area contributed by atoms with E-state index in [-0.39, 0.29) is 5.82 Å². The third-order valence-electron chi connectivity index (χ3n) is 5.20. The molecule has 0 amide bonds. The maximum Gasteiger partial charge on any atom is 0.123 e. The van der Waals surface area contributed by atoms with E-state index in [1.54, 1.807) is 19.2 Å². The van der Waals surface area contributed by atoms with Gasteiger partial charge in [-0.05, 0) is 29.8 Å². The number of benzene rings is 1. The Kier molecular flexibility index (Phi) is 8.64. The van der Waals surface area contributed by atoms with Gasteiger partial charge in [0.2, 0.25) is 0 Å². The summed E-state index contributed by atoms with van der Waals surface area (Å²) >= 11 is 0. The highest BCUT2D eigenvalue weighted by molar-refractivity contribution is 5.19. The number of nitrogens with zero attached hydrogens (tertiary/aromatic N) is 3. The fourth-order valence-corrected chi connectivity index (χ4v) is 3.70. The van der Waals surface area contributed by atoms with Gasteiger partial charge in [0.15, 0.2) is 0 Å². The monoisotopic (exact) mass is 405 g/mol. The number of aliphatic hydroxyl groups excluding tert-OH is 1. The molecular formula is C22H32FN3O3. The van der Waals surface area contributed by atoms with E-state index in [9.17, 15) is 9.50 Å². The molecule has 1 aromatic heterocycles. The summed E-state index contributed by atoms with van der Waals surface area (Å²) in [4.78, 5) is 4.46. The number of hydrogen-bond acceptors (Lipinski definition) is 5. The summed E-state index contributed by atoms with van der Waals surface area (Å²) < 4.78 is 26.3. The summed E-state index contributed by atoms with van der Waals surface area (Å²) in [6, 6.07) is 10.8. The van der Waals surface area contributed by atoms with Gasteiger partial charge in [-0.15, -0.1) is 0 Å². The van der Waals surface area contributed by atoms with E-state index < -0.39 is 6.10 Å². The van der Waals surface area contributed by atoms with Crippen molar-refractivity contribution in [3.63, 3.8) is 0 Å². The number of rotatable bonds is 11. The molecular weight excluding hydrogens is 373 g/mol. The Hall–Kier alpha value is -1.77. The van der Waals surface area contributed by atoms with Gasteiger partial charge in [0, 0.05) is 64.8 Å². The molecule has 29 heavy (non-hydrogen) atoms. The lowest BCUT2D eigenvalue weighted by molar-refractivity contribution is 0.00419. The quantitative estimate of drug-likeness (QED) is 0.618. The molecule has 0 bridgehead atoms. The van der Waals surface area contributed by atoms with Gasteiger partial charge in [0.1, 0.15) is 5.82 Å². The van der Waals surface area contributed by atoms with E-state index in [1.807, 2.05) is 18.3 Å². The fourth-order valence-electron chi connectivity index (χ4n) is 3.70. The van der Waals surface area contributed by atoms with E-state index in [0.29, 0.717) is 32.8 Å². The molecule has 0 saturated carbocycles. The van der Waals surface area contributed by atoms with Crippen LogP contribution in [0.3, 0.4) is 0 Å².